The van der Waals surface area contributed by atoms with Gasteiger partial charge in [-0.1, -0.05) is 17.8 Å². The maximum absolute atomic E-state index is 11.7. The van der Waals surface area contributed by atoms with Crippen LogP contribution in [0.25, 0.3) is 0 Å². The van der Waals surface area contributed by atoms with Crippen molar-refractivity contribution in [2.75, 3.05) is 23.5 Å². The molecule has 0 radical (unpaired) electrons. The first-order chi connectivity index (χ1) is 9.00. The van der Waals surface area contributed by atoms with Crippen LogP contribution in [0.5, 0.6) is 5.75 Å². The summed E-state index contributed by atoms with van der Waals surface area (Å²) in [7, 11) is -1.39. The van der Waals surface area contributed by atoms with Gasteiger partial charge in [-0.3, -0.25) is 5.41 Å². The third-order valence-corrected chi connectivity index (χ3v) is 6.55. The van der Waals surface area contributed by atoms with Crippen molar-refractivity contribution in [2.45, 2.75) is 11.3 Å². The minimum absolute atomic E-state index is 0.0244. The number of methoxy groups -OCH3 is 1. The SMILES string of the molecule is COc1cccc(N2C(=N)S[C@@H]3CS(=O)(=O)C[C@H]32)c1. The van der Waals surface area contributed by atoms with Crippen molar-refractivity contribution < 1.29 is 13.2 Å². The summed E-state index contributed by atoms with van der Waals surface area (Å²) in [6, 6.07) is 7.27. The van der Waals surface area contributed by atoms with Crippen LogP contribution in [0.15, 0.2) is 24.3 Å². The summed E-state index contributed by atoms with van der Waals surface area (Å²) in [5, 5.41) is 8.44. The molecule has 0 saturated carbocycles. The van der Waals surface area contributed by atoms with Crippen LogP contribution >= 0.6 is 11.8 Å². The molecule has 2 aliphatic heterocycles. The Labute approximate surface area is 116 Å². The molecule has 0 amide bonds. The Morgan fingerprint density at radius 2 is 2.21 bits per heavy atom. The molecule has 5 nitrogen and oxygen atoms in total. The van der Waals surface area contributed by atoms with E-state index in [1.165, 1.54) is 11.8 Å². The van der Waals surface area contributed by atoms with E-state index in [1.807, 2.05) is 29.2 Å². The van der Waals surface area contributed by atoms with Crippen LogP contribution in [0.2, 0.25) is 0 Å². The van der Waals surface area contributed by atoms with Gasteiger partial charge in [-0.25, -0.2) is 8.42 Å². The molecule has 3 rings (SSSR count). The number of thioether (sulfide) groups is 1. The summed E-state index contributed by atoms with van der Waals surface area (Å²) in [5.41, 5.74) is 0.821. The summed E-state index contributed by atoms with van der Waals surface area (Å²) in [6.07, 6.45) is 0. The van der Waals surface area contributed by atoms with E-state index in [0.29, 0.717) is 10.9 Å². The number of benzene rings is 1. The lowest BCUT2D eigenvalue weighted by atomic mass is 10.2. The lowest BCUT2D eigenvalue weighted by Gasteiger charge is -2.24. The molecule has 0 bridgehead atoms. The summed E-state index contributed by atoms with van der Waals surface area (Å²) in [4.78, 5) is 1.81. The highest BCUT2D eigenvalue weighted by Crippen LogP contribution is 2.40. The molecule has 2 heterocycles. The predicted octanol–water partition coefficient (Wildman–Crippen LogP) is 1.35. The molecule has 2 saturated heterocycles. The molecule has 7 heteroatoms. The maximum atomic E-state index is 11.7. The predicted molar refractivity (Wildman–Crippen MR) is 77.0 cm³/mol. The highest BCUT2D eigenvalue weighted by atomic mass is 32.2. The highest BCUT2D eigenvalue weighted by molar-refractivity contribution is 8.15. The zero-order valence-electron chi connectivity index (χ0n) is 10.4. The molecule has 2 aliphatic rings. The Morgan fingerprint density at radius 3 is 2.95 bits per heavy atom. The molecule has 102 valence electrons. The molecule has 0 aromatic heterocycles. The number of hydrogen-bond acceptors (Lipinski definition) is 5. The summed E-state index contributed by atoms with van der Waals surface area (Å²) in [6.45, 7) is 0. The average molecular weight is 298 g/mol. The van der Waals surface area contributed by atoms with Crippen molar-refractivity contribution >= 4 is 32.5 Å². The molecule has 1 aromatic carbocycles. The molecule has 2 atom stereocenters. The van der Waals surface area contributed by atoms with Gasteiger partial charge in [-0.15, -0.1) is 0 Å². The van der Waals surface area contributed by atoms with Gasteiger partial charge in [0.1, 0.15) is 5.75 Å². The van der Waals surface area contributed by atoms with Crippen LogP contribution in [-0.4, -0.2) is 43.5 Å². The lowest BCUT2D eigenvalue weighted by Crippen LogP contribution is -2.37. The molecule has 1 N–H and O–H groups in total. The number of amidine groups is 1. The van der Waals surface area contributed by atoms with Gasteiger partial charge in [0.15, 0.2) is 15.0 Å². The minimum atomic E-state index is -2.98. The normalized spacial score (nSPS) is 28.5. The molecule has 19 heavy (non-hydrogen) atoms. The Kier molecular flexibility index (Phi) is 2.98. The molecular weight excluding hydrogens is 284 g/mol. The van der Waals surface area contributed by atoms with E-state index in [2.05, 4.69) is 0 Å². The smallest absolute Gasteiger partial charge is 0.161 e. The second-order valence-electron chi connectivity index (χ2n) is 4.68. The average Bonchev–Trinajstić information content (AvgIpc) is 2.79. The van der Waals surface area contributed by atoms with Gasteiger partial charge in [0.25, 0.3) is 0 Å². The van der Waals surface area contributed by atoms with Crippen LogP contribution in [0.1, 0.15) is 0 Å². The molecule has 0 unspecified atom stereocenters. The molecular formula is C12H14N2O3S2. The van der Waals surface area contributed by atoms with Gasteiger partial charge in [0, 0.05) is 17.0 Å². The number of nitrogens with one attached hydrogen (secondary N) is 1. The van der Waals surface area contributed by atoms with Crippen LogP contribution in [-0.2, 0) is 9.84 Å². The summed E-state index contributed by atoms with van der Waals surface area (Å²) < 4.78 is 28.6. The molecule has 2 fully saturated rings. The fraction of sp³-hybridized carbons (Fsp3) is 0.417. The van der Waals surface area contributed by atoms with E-state index in [4.69, 9.17) is 10.1 Å². The van der Waals surface area contributed by atoms with E-state index in [0.717, 1.165) is 5.69 Å². The van der Waals surface area contributed by atoms with E-state index < -0.39 is 9.84 Å². The Bertz CT molecular complexity index is 630. The molecule has 0 spiro atoms. The van der Waals surface area contributed by atoms with Gasteiger partial charge < -0.3 is 9.64 Å². The van der Waals surface area contributed by atoms with Crippen LogP contribution in [0.4, 0.5) is 5.69 Å². The minimum Gasteiger partial charge on any atom is -0.497 e. The zero-order valence-corrected chi connectivity index (χ0v) is 12.0. The Morgan fingerprint density at radius 1 is 1.42 bits per heavy atom. The third kappa shape index (κ3) is 2.21. The van der Waals surface area contributed by atoms with Gasteiger partial charge in [0.2, 0.25) is 0 Å². The largest absolute Gasteiger partial charge is 0.497 e. The van der Waals surface area contributed by atoms with E-state index >= 15 is 0 Å². The number of hydrogen-bond donors (Lipinski definition) is 1. The quantitative estimate of drug-likeness (QED) is 0.892. The Balaban J connectivity index is 1.97. The first kappa shape index (κ1) is 12.8. The third-order valence-electron chi connectivity index (χ3n) is 3.42. The maximum Gasteiger partial charge on any atom is 0.161 e. The summed E-state index contributed by atoms with van der Waals surface area (Å²) >= 11 is 1.34. The van der Waals surface area contributed by atoms with Crippen molar-refractivity contribution in [1.29, 1.82) is 5.41 Å². The number of anilines is 1. The van der Waals surface area contributed by atoms with Crippen molar-refractivity contribution in [3.8, 4) is 5.75 Å². The second-order valence-corrected chi connectivity index (χ2v) is 8.06. The lowest BCUT2D eigenvalue weighted by molar-refractivity contribution is 0.415. The number of nitrogens with zero attached hydrogens (tertiary/aromatic N) is 1. The number of sulfone groups is 1. The van der Waals surface area contributed by atoms with Crippen LogP contribution in [0.3, 0.4) is 0 Å². The molecule has 1 aromatic rings. The van der Waals surface area contributed by atoms with Gasteiger partial charge in [0.05, 0.1) is 24.7 Å². The first-order valence-corrected chi connectivity index (χ1v) is 8.59. The van der Waals surface area contributed by atoms with E-state index in [9.17, 15) is 8.42 Å². The van der Waals surface area contributed by atoms with E-state index in [-0.39, 0.29) is 22.8 Å². The van der Waals surface area contributed by atoms with Gasteiger partial charge in [-0.05, 0) is 12.1 Å². The molecule has 0 aliphatic carbocycles. The number of fused-ring (bicyclic) bond motifs is 1. The van der Waals surface area contributed by atoms with Crippen molar-refractivity contribution in [3.05, 3.63) is 24.3 Å². The van der Waals surface area contributed by atoms with Crippen LogP contribution in [0, 0.1) is 5.41 Å². The van der Waals surface area contributed by atoms with Gasteiger partial charge >= 0.3 is 0 Å². The number of ether oxygens (including phenoxy) is 1. The van der Waals surface area contributed by atoms with Crippen molar-refractivity contribution in [3.63, 3.8) is 0 Å². The van der Waals surface area contributed by atoms with Crippen LogP contribution < -0.4 is 9.64 Å². The second kappa shape index (κ2) is 4.42. The fourth-order valence-electron chi connectivity index (χ4n) is 2.57. The highest BCUT2D eigenvalue weighted by Gasteiger charge is 2.48. The standard InChI is InChI=1S/C12H14N2O3S2/c1-17-9-4-2-3-8(5-9)14-10-6-19(15,16)7-11(10)18-12(14)13/h2-5,10-11,13H,6-7H2,1H3/t10-,11-/m1/s1. The zero-order chi connectivity index (χ0) is 13.6. The fourth-order valence-corrected chi connectivity index (χ4v) is 6.36. The number of rotatable bonds is 2. The monoisotopic (exact) mass is 298 g/mol. The topological polar surface area (TPSA) is 70.5 Å². The van der Waals surface area contributed by atoms with Crippen molar-refractivity contribution in [1.82, 2.24) is 0 Å². The first-order valence-electron chi connectivity index (χ1n) is 5.89. The van der Waals surface area contributed by atoms with Crippen molar-refractivity contribution in [2.24, 2.45) is 0 Å². The van der Waals surface area contributed by atoms with E-state index in [1.54, 1.807) is 7.11 Å². The summed E-state index contributed by atoms with van der Waals surface area (Å²) in [5.74, 6) is 1.01. The Hall–Kier alpha value is -1.21. The van der Waals surface area contributed by atoms with Gasteiger partial charge in [-0.2, -0.15) is 0 Å².